The summed E-state index contributed by atoms with van der Waals surface area (Å²) in [5.74, 6) is 2.02. The van der Waals surface area contributed by atoms with Crippen molar-refractivity contribution in [1.82, 2.24) is 9.55 Å². The molecule has 9 aromatic rings. The van der Waals surface area contributed by atoms with Gasteiger partial charge in [-0.05, 0) is 81.1 Å². The number of hydrogen-bond donors (Lipinski definition) is 0. The first-order valence-electron chi connectivity index (χ1n) is 21.8. The Morgan fingerprint density at radius 3 is 1.80 bits per heavy atom. The van der Waals surface area contributed by atoms with Gasteiger partial charge in [-0.2, -0.15) is 12.1 Å². The Kier molecular flexibility index (Phi) is 11.1. The van der Waals surface area contributed by atoms with Crippen molar-refractivity contribution in [3.63, 3.8) is 0 Å². The predicted molar refractivity (Wildman–Crippen MR) is 260 cm³/mol. The van der Waals surface area contributed by atoms with E-state index < -0.39 is 0 Å². The molecular weight excluding hydrogens is 964 g/mol. The van der Waals surface area contributed by atoms with Crippen LogP contribution in [-0.4, -0.2) is 9.55 Å². The first-order chi connectivity index (χ1) is 30.4. The van der Waals surface area contributed by atoms with Gasteiger partial charge in [0.2, 0.25) is 0 Å². The smallest absolute Gasteiger partial charge is 0.135 e. The fourth-order valence-corrected chi connectivity index (χ4v) is 8.97. The molecule has 0 saturated heterocycles. The molecule has 0 atom stereocenters. The third kappa shape index (κ3) is 7.71. The predicted octanol–water partition coefficient (Wildman–Crippen LogP) is 14.9. The molecule has 3 heterocycles. The Morgan fingerprint density at radius 2 is 1.11 bits per heavy atom. The number of pyridine rings is 1. The van der Waals surface area contributed by atoms with Crippen molar-refractivity contribution in [2.45, 2.75) is 64.7 Å². The van der Waals surface area contributed by atoms with Crippen LogP contribution in [0.4, 0.5) is 22.7 Å². The SMILES string of the molecule is CC(C)(C)c1cccc(N2[CH-]N(c3[c-]c(Oc4[c-]c5c(cc4)c4cc(C(C)(C)c6ccccc6)ccc4n5-c4cc(C(C)(C)c5ccccc5)ccn4)ccc3)c3ccccc32)c1.[Pt]. The van der Waals surface area contributed by atoms with Crippen LogP contribution in [0.1, 0.15) is 76.3 Å². The monoisotopic (exact) mass is 1010 g/mol. The van der Waals surface area contributed by atoms with Crippen molar-refractivity contribution >= 4 is 44.6 Å². The van der Waals surface area contributed by atoms with Crippen LogP contribution in [0.3, 0.4) is 0 Å². The average molecular weight is 1020 g/mol. The van der Waals surface area contributed by atoms with E-state index in [1.807, 2.05) is 24.4 Å². The van der Waals surface area contributed by atoms with Crippen LogP contribution >= 0.6 is 0 Å². The van der Waals surface area contributed by atoms with E-state index in [1.54, 1.807) is 0 Å². The number of para-hydroxylation sites is 2. The number of rotatable bonds is 9. The summed E-state index contributed by atoms with van der Waals surface area (Å²) in [6.45, 7) is 18.0. The van der Waals surface area contributed by atoms with E-state index in [0.717, 1.165) is 50.4 Å². The maximum atomic E-state index is 6.70. The van der Waals surface area contributed by atoms with E-state index in [9.17, 15) is 0 Å². The molecule has 64 heavy (non-hydrogen) atoms. The van der Waals surface area contributed by atoms with Gasteiger partial charge < -0.3 is 19.1 Å². The van der Waals surface area contributed by atoms with Crippen molar-refractivity contribution in [2.75, 3.05) is 9.80 Å². The second-order valence-electron chi connectivity index (χ2n) is 18.7. The molecule has 5 nitrogen and oxygen atoms in total. The van der Waals surface area contributed by atoms with Crippen molar-refractivity contribution in [3.8, 4) is 17.3 Å². The van der Waals surface area contributed by atoms with E-state index in [-0.39, 0.29) is 37.3 Å². The molecular formula is C58H51N4OPt-3. The fourth-order valence-electron chi connectivity index (χ4n) is 8.97. The molecule has 7 aromatic carbocycles. The van der Waals surface area contributed by atoms with Crippen LogP contribution in [0.5, 0.6) is 11.5 Å². The third-order valence-corrected chi connectivity index (χ3v) is 12.9. The summed E-state index contributed by atoms with van der Waals surface area (Å²) in [6.07, 6.45) is 1.93. The van der Waals surface area contributed by atoms with E-state index in [1.165, 1.54) is 27.8 Å². The summed E-state index contributed by atoms with van der Waals surface area (Å²) in [5, 5.41) is 2.22. The van der Waals surface area contributed by atoms with Crippen LogP contribution in [0.2, 0.25) is 0 Å². The quantitative estimate of drug-likeness (QED) is 0.135. The molecule has 0 aliphatic carbocycles. The second kappa shape index (κ2) is 16.6. The maximum absolute atomic E-state index is 6.70. The normalized spacial score (nSPS) is 13.0. The minimum atomic E-state index is -0.246. The Balaban J connectivity index is 0.00000518. The summed E-state index contributed by atoms with van der Waals surface area (Å²) in [7, 11) is 0. The van der Waals surface area contributed by atoms with Gasteiger partial charge in [0, 0.05) is 72.2 Å². The number of aromatic nitrogens is 2. The number of benzene rings is 7. The summed E-state index contributed by atoms with van der Waals surface area (Å²) in [5.41, 5.74) is 11.9. The molecule has 10 rings (SSSR count). The average Bonchev–Trinajstić information content (AvgIpc) is 3.85. The minimum Gasteiger partial charge on any atom is -0.509 e. The second-order valence-corrected chi connectivity index (χ2v) is 18.7. The summed E-state index contributed by atoms with van der Waals surface area (Å²) < 4.78 is 8.94. The summed E-state index contributed by atoms with van der Waals surface area (Å²) in [4.78, 5) is 9.46. The fraction of sp³-hybridized carbons (Fsp3) is 0.172. The molecule has 2 aromatic heterocycles. The van der Waals surface area contributed by atoms with E-state index in [4.69, 9.17) is 9.72 Å². The van der Waals surface area contributed by atoms with Gasteiger partial charge in [0.25, 0.3) is 0 Å². The van der Waals surface area contributed by atoms with Gasteiger partial charge in [-0.25, -0.2) is 4.98 Å². The molecule has 0 N–H and O–H groups in total. The van der Waals surface area contributed by atoms with Gasteiger partial charge in [-0.3, -0.25) is 0 Å². The van der Waals surface area contributed by atoms with Crippen molar-refractivity contribution in [2.24, 2.45) is 0 Å². The molecule has 0 bridgehead atoms. The van der Waals surface area contributed by atoms with Gasteiger partial charge in [0.15, 0.2) is 0 Å². The standard InChI is InChI=1S/C58H51N4O.Pt/c1-56(2,3)42-22-16-23-45(34-42)60-39-61(53-27-15-14-26-52(53)60)46-24-17-25-47(37-46)63-48-29-30-49-50-35-43(57(4,5)40-18-10-8-11-19-40)28-31-51(50)62(54(49)38-48)55-36-44(32-33-59-55)58(6,7)41-20-12-9-13-21-41;/h8-36,39H,1-7H3;/q-3;. The number of ether oxygens (including phenoxy) is 1. The van der Waals surface area contributed by atoms with Crippen LogP contribution < -0.4 is 14.5 Å². The van der Waals surface area contributed by atoms with E-state index in [2.05, 4.69) is 233 Å². The van der Waals surface area contributed by atoms with Gasteiger partial charge in [-0.15, -0.1) is 48.1 Å². The molecule has 0 amide bonds. The molecule has 0 saturated carbocycles. The molecule has 0 spiro atoms. The minimum absolute atomic E-state index is 0. The summed E-state index contributed by atoms with van der Waals surface area (Å²) in [6, 6.07) is 67.4. The first kappa shape index (κ1) is 42.9. The van der Waals surface area contributed by atoms with Gasteiger partial charge in [-0.1, -0.05) is 151 Å². The Hall–Kier alpha value is -6.42. The van der Waals surface area contributed by atoms with Crippen LogP contribution in [0.25, 0.3) is 27.6 Å². The zero-order valence-electron chi connectivity index (χ0n) is 37.3. The van der Waals surface area contributed by atoms with Gasteiger partial charge >= 0.3 is 0 Å². The molecule has 0 unspecified atom stereocenters. The molecule has 1 aliphatic rings. The van der Waals surface area contributed by atoms with E-state index >= 15 is 0 Å². The first-order valence-corrected chi connectivity index (χ1v) is 21.8. The summed E-state index contributed by atoms with van der Waals surface area (Å²) >= 11 is 0. The van der Waals surface area contributed by atoms with Crippen molar-refractivity contribution in [1.29, 1.82) is 0 Å². The Morgan fingerprint density at radius 1 is 0.500 bits per heavy atom. The number of fused-ring (bicyclic) bond motifs is 4. The van der Waals surface area contributed by atoms with Gasteiger partial charge in [0.1, 0.15) is 5.82 Å². The Labute approximate surface area is 392 Å². The van der Waals surface area contributed by atoms with Gasteiger partial charge in [0.05, 0.1) is 0 Å². The number of hydrogen-bond acceptors (Lipinski definition) is 4. The topological polar surface area (TPSA) is 33.5 Å². The molecule has 6 heteroatoms. The molecule has 322 valence electrons. The van der Waals surface area contributed by atoms with Crippen LogP contribution in [0, 0.1) is 18.8 Å². The van der Waals surface area contributed by atoms with Crippen LogP contribution in [-0.2, 0) is 37.3 Å². The maximum Gasteiger partial charge on any atom is 0.135 e. The number of nitrogens with zero attached hydrogens (tertiary/aromatic N) is 4. The number of anilines is 4. The van der Waals surface area contributed by atoms with E-state index in [0.29, 0.717) is 11.5 Å². The third-order valence-electron chi connectivity index (χ3n) is 12.9. The largest absolute Gasteiger partial charge is 0.509 e. The molecule has 0 fully saturated rings. The van der Waals surface area contributed by atoms with Crippen LogP contribution in [0.15, 0.2) is 176 Å². The zero-order chi connectivity index (χ0) is 43.5. The molecule has 1 aliphatic heterocycles. The van der Waals surface area contributed by atoms with Crippen molar-refractivity contribution in [3.05, 3.63) is 223 Å². The Bertz CT molecular complexity index is 3130. The zero-order valence-corrected chi connectivity index (χ0v) is 39.6. The molecule has 0 radical (unpaired) electrons. The van der Waals surface area contributed by atoms with Crippen molar-refractivity contribution < 1.29 is 25.8 Å².